The first kappa shape index (κ1) is 19.4. The predicted molar refractivity (Wildman–Crippen MR) is 120 cm³/mol. The first-order valence-electron chi connectivity index (χ1n) is 9.64. The van der Waals surface area contributed by atoms with Crippen molar-refractivity contribution in [1.82, 2.24) is 9.97 Å². The van der Waals surface area contributed by atoms with E-state index in [4.69, 9.17) is 9.72 Å². The number of carbonyl (C=O) groups excluding carboxylic acids is 1. The maximum absolute atomic E-state index is 12.3. The number of carbonyl (C=O) groups is 1. The number of hydrogen-bond donors (Lipinski definition) is 2. The predicted octanol–water partition coefficient (Wildman–Crippen LogP) is 4.66. The molecule has 3 aromatic carbocycles. The van der Waals surface area contributed by atoms with Crippen LogP contribution in [0, 0.1) is 6.92 Å². The van der Waals surface area contributed by atoms with Crippen molar-refractivity contribution < 1.29 is 9.53 Å². The molecule has 0 saturated heterocycles. The highest BCUT2D eigenvalue weighted by Crippen LogP contribution is 2.28. The first-order chi connectivity index (χ1) is 14.6. The van der Waals surface area contributed by atoms with E-state index >= 15 is 0 Å². The Balaban J connectivity index is 1.55. The molecule has 0 aliphatic carbocycles. The van der Waals surface area contributed by atoms with Crippen molar-refractivity contribution in [1.29, 1.82) is 0 Å². The van der Waals surface area contributed by atoms with Crippen LogP contribution in [0.1, 0.15) is 5.56 Å². The molecule has 6 nitrogen and oxygen atoms in total. The summed E-state index contributed by atoms with van der Waals surface area (Å²) in [4.78, 5) is 21.6. The van der Waals surface area contributed by atoms with Gasteiger partial charge in [0.1, 0.15) is 5.75 Å². The molecule has 0 atom stereocenters. The Morgan fingerprint density at radius 3 is 2.47 bits per heavy atom. The van der Waals surface area contributed by atoms with Crippen molar-refractivity contribution in [3.05, 3.63) is 78.4 Å². The zero-order valence-corrected chi connectivity index (χ0v) is 16.8. The number of aryl methyl sites for hydroxylation is 1. The number of methoxy groups -OCH3 is 1. The van der Waals surface area contributed by atoms with Gasteiger partial charge in [-0.3, -0.25) is 4.79 Å². The molecule has 150 valence electrons. The van der Waals surface area contributed by atoms with E-state index in [1.807, 2.05) is 49.4 Å². The molecule has 0 spiro atoms. The standard InChI is InChI=1S/C24H22N4O2/c1-16-8-13-21-20(14-16)23(17-6-4-3-5-7-17)28-24(27-21)25-15-22(29)26-18-9-11-19(30-2)12-10-18/h3-14H,15H2,1-2H3,(H,26,29)(H,25,27,28). The molecular formula is C24H22N4O2. The van der Waals surface area contributed by atoms with Gasteiger partial charge in [-0.2, -0.15) is 0 Å². The molecule has 0 fully saturated rings. The van der Waals surface area contributed by atoms with Gasteiger partial charge >= 0.3 is 0 Å². The van der Waals surface area contributed by atoms with Gasteiger partial charge in [-0.1, -0.05) is 42.0 Å². The van der Waals surface area contributed by atoms with Crippen molar-refractivity contribution in [2.75, 3.05) is 24.3 Å². The Morgan fingerprint density at radius 2 is 1.73 bits per heavy atom. The summed E-state index contributed by atoms with van der Waals surface area (Å²) < 4.78 is 5.13. The maximum atomic E-state index is 12.3. The second-order valence-corrected chi connectivity index (χ2v) is 6.91. The van der Waals surface area contributed by atoms with Crippen LogP contribution in [0.5, 0.6) is 5.75 Å². The molecule has 4 rings (SSSR count). The molecule has 0 aliphatic heterocycles. The lowest BCUT2D eigenvalue weighted by Gasteiger charge is -2.11. The molecule has 0 saturated carbocycles. The summed E-state index contributed by atoms with van der Waals surface area (Å²) in [5.74, 6) is 0.962. The number of benzene rings is 3. The van der Waals surface area contributed by atoms with Gasteiger partial charge in [0.15, 0.2) is 0 Å². The zero-order chi connectivity index (χ0) is 20.9. The normalized spacial score (nSPS) is 10.6. The Hall–Kier alpha value is -3.93. The Labute approximate surface area is 175 Å². The smallest absolute Gasteiger partial charge is 0.243 e. The Kier molecular flexibility index (Phi) is 5.57. The molecule has 30 heavy (non-hydrogen) atoms. The van der Waals surface area contributed by atoms with E-state index < -0.39 is 0 Å². The summed E-state index contributed by atoms with van der Waals surface area (Å²) in [7, 11) is 1.60. The van der Waals surface area contributed by atoms with E-state index in [9.17, 15) is 4.79 Å². The summed E-state index contributed by atoms with van der Waals surface area (Å²) in [5.41, 5.74) is 4.50. The minimum atomic E-state index is -0.186. The second kappa shape index (κ2) is 8.61. The van der Waals surface area contributed by atoms with Crippen molar-refractivity contribution in [3.8, 4) is 17.0 Å². The highest BCUT2D eigenvalue weighted by molar-refractivity contribution is 5.95. The molecule has 0 bridgehead atoms. The van der Waals surface area contributed by atoms with Crippen molar-refractivity contribution >= 4 is 28.4 Å². The summed E-state index contributed by atoms with van der Waals surface area (Å²) >= 11 is 0. The third kappa shape index (κ3) is 4.38. The van der Waals surface area contributed by atoms with Crippen LogP contribution in [0.3, 0.4) is 0 Å². The number of aromatic nitrogens is 2. The SMILES string of the molecule is COc1ccc(NC(=O)CNc2nc(-c3ccccc3)c3cc(C)ccc3n2)cc1. The highest BCUT2D eigenvalue weighted by Gasteiger charge is 2.11. The minimum Gasteiger partial charge on any atom is -0.497 e. The van der Waals surface area contributed by atoms with E-state index in [0.717, 1.165) is 33.5 Å². The molecule has 2 N–H and O–H groups in total. The van der Waals surface area contributed by atoms with Gasteiger partial charge < -0.3 is 15.4 Å². The largest absolute Gasteiger partial charge is 0.497 e. The fourth-order valence-electron chi connectivity index (χ4n) is 3.18. The van der Waals surface area contributed by atoms with Crippen LogP contribution in [0.25, 0.3) is 22.2 Å². The molecule has 1 heterocycles. The van der Waals surface area contributed by atoms with Gasteiger partial charge in [0.2, 0.25) is 11.9 Å². The molecule has 1 amide bonds. The molecule has 0 aliphatic rings. The third-order valence-corrected chi connectivity index (χ3v) is 4.68. The fraction of sp³-hybridized carbons (Fsp3) is 0.125. The van der Waals surface area contributed by atoms with Crippen molar-refractivity contribution in [2.24, 2.45) is 0 Å². The quantitative estimate of drug-likeness (QED) is 0.494. The number of nitrogens with one attached hydrogen (secondary N) is 2. The molecule has 6 heteroatoms. The summed E-state index contributed by atoms with van der Waals surface area (Å²) in [6.45, 7) is 2.10. The van der Waals surface area contributed by atoms with Crippen LogP contribution in [-0.4, -0.2) is 29.5 Å². The molecule has 4 aromatic rings. The van der Waals surface area contributed by atoms with Gasteiger partial charge in [0.25, 0.3) is 0 Å². The average molecular weight is 398 g/mol. The van der Waals surface area contributed by atoms with Crippen molar-refractivity contribution in [3.63, 3.8) is 0 Å². The van der Waals surface area contributed by atoms with Crippen LogP contribution in [0.4, 0.5) is 11.6 Å². The number of ether oxygens (including phenoxy) is 1. The summed E-state index contributed by atoms with van der Waals surface area (Å²) in [5, 5.41) is 6.87. The number of rotatable bonds is 6. The van der Waals surface area contributed by atoms with Crippen molar-refractivity contribution in [2.45, 2.75) is 6.92 Å². The van der Waals surface area contributed by atoms with Crippen LogP contribution >= 0.6 is 0 Å². The van der Waals surface area contributed by atoms with E-state index in [1.54, 1.807) is 31.4 Å². The summed E-state index contributed by atoms with van der Waals surface area (Å²) in [6, 6.07) is 23.2. The van der Waals surface area contributed by atoms with Gasteiger partial charge in [0.05, 0.1) is 24.9 Å². The molecule has 0 unspecified atom stereocenters. The van der Waals surface area contributed by atoms with E-state index in [2.05, 4.69) is 21.7 Å². The number of nitrogens with zero attached hydrogens (tertiary/aromatic N) is 2. The number of anilines is 2. The molecule has 0 radical (unpaired) electrons. The lowest BCUT2D eigenvalue weighted by atomic mass is 10.0. The lowest BCUT2D eigenvalue weighted by molar-refractivity contribution is -0.114. The fourth-order valence-corrected chi connectivity index (χ4v) is 3.18. The van der Waals surface area contributed by atoms with Crippen LogP contribution in [0.15, 0.2) is 72.8 Å². The molecule has 1 aromatic heterocycles. The first-order valence-corrected chi connectivity index (χ1v) is 9.64. The van der Waals surface area contributed by atoms with Crippen LogP contribution in [0.2, 0.25) is 0 Å². The van der Waals surface area contributed by atoms with E-state index in [1.165, 1.54) is 0 Å². The van der Waals surface area contributed by atoms with E-state index in [-0.39, 0.29) is 12.5 Å². The van der Waals surface area contributed by atoms with Gasteiger partial charge in [0, 0.05) is 16.6 Å². The second-order valence-electron chi connectivity index (χ2n) is 6.91. The van der Waals surface area contributed by atoms with Gasteiger partial charge in [-0.15, -0.1) is 0 Å². The Morgan fingerprint density at radius 1 is 0.967 bits per heavy atom. The zero-order valence-electron chi connectivity index (χ0n) is 16.8. The molecular weight excluding hydrogens is 376 g/mol. The maximum Gasteiger partial charge on any atom is 0.243 e. The minimum absolute atomic E-state index is 0.0532. The highest BCUT2D eigenvalue weighted by atomic mass is 16.5. The topological polar surface area (TPSA) is 76.1 Å². The monoisotopic (exact) mass is 398 g/mol. The van der Waals surface area contributed by atoms with E-state index in [0.29, 0.717) is 11.6 Å². The summed E-state index contributed by atoms with van der Waals surface area (Å²) in [6.07, 6.45) is 0. The van der Waals surface area contributed by atoms with Crippen LogP contribution < -0.4 is 15.4 Å². The lowest BCUT2D eigenvalue weighted by Crippen LogP contribution is -2.22. The number of fused-ring (bicyclic) bond motifs is 1. The number of amides is 1. The number of hydrogen-bond acceptors (Lipinski definition) is 5. The average Bonchev–Trinajstić information content (AvgIpc) is 2.78. The van der Waals surface area contributed by atoms with Gasteiger partial charge in [-0.05, 0) is 43.3 Å². The third-order valence-electron chi connectivity index (χ3n) is 4.68. The Bertz CT molecular complexity index is 1180. The van der Waals surface area contributed by atoms with Crippen LogP contribution in [-0.2, 0) is 4.79 Å². The van der Waals surface area contributed by atoms with Gasteiger partial charge in [-0.25, -0.2) is 9.97 Å².